The van der Waals surface area contributed by atoms with Gasteiger partial charge in [0.2, 0.25) is 0 Å². The lowest BCUT2D eigenvalue weighted by atomic mass is 10.1. The molecular weight excluding hydrogens is 257 g/mol. The number of nitrogen functional groups attached to an aromatic ring is 1. The number of aromatic nitrogens is 3. The summed E-state index contributed by atoms with van der Waals surface area (Å²) in [6, 6.07) is 3.54. The lowest BCUT2D eigenvalue weighted by Gasteiger charge is -2.06. The summed E-state index contributed by atoms with van der Waals surface area (Å²) < 4.78 is 37.8. The molecule has 0 atom stereocenters. The molecule has 0 amide bonds. The fourth-order valence-electron chi connectivity index (χ4n) is 2.02. The van der Waals surface area contributed by atoms with Crippen LogP contribution >= 0.6 is 0 Å². The Morgan fingerprint density at radius 3 is 2.63 bits per heavy atom. The van der Waals surface area contributed by atoms with Crippen molar-refractivity contribution >= 4 is 16.6 Å². The first kappa shape index (κ1) is 11.6. The number of benzene rings is 1. The Bertz CT molecular complexity index is 739. The second-order valence-corrected chi connectivity index (χ2v) is 4.16. The number of nitrogens with two attached hydrogens (primary N) is 1. The second-order valence-electron chi connectivity index (χ2n) is 4.16. The van der Waals surface area contributed by atoms with Gasteiger partial charge in [-0.15, -0.1) is 0 Å². The number of hydrogen-bond acceptors (Lipinski definition) is 2. The van der Waals surface area contributed by atoms with E-state index >= 15 is 0 Å². The van der Waals surface area contributed by atoms with Gasteiger partial charge in [0.05, 0.1) is 23.1 Å². The maximum atomic E-state index is 12.6. The minimum atomic E-state index is -4.35. The Labute approximate surface area is 105 Å². The summed E-state index contributed by atoms with van der Waals surface area (Å²) in [4.78, 5) is 2.81. The number of fused-ring (bicyclic) bond motifs is 1. The maximum Gasteiger partial charge on any atom is 0.416 e. The van der Waals surface area contributed by atoms with Gasteiger partial charge in [0, 0.05) is 22.7 Å². The van der Waals surface area contributed by atoms with Crippen LogP contribution < -0.4 is 5.73 Å². The molecule has 0 radical (unpaired) electrons. The zero-order chi connectivity index (χ0) is 13.6. The van der Waals surface area contributed by atoms with E-state index in [4.69, 9.17) is 5.73 Å². The van der Waals surface area contributed by atoms with Crippen molar-refractivity contribution in [3.05, 3.63) is 36.2 Å². The normalized spacial score (nSPS) is 12.2. The molecule has 2 aromatic heterocycles. The van der Waals surface area contributed by atoms with Crippen LogP contribution in [0, 0.1) is 0 Å². The topological polar surface area (TPSA) is 70.5 Å². The summed E-state index contributed by atoms with van der Waals surface area (Å²) >= 11 is 0. The average molecular weight is 266 g/mol. The van der Waals surface area contributed by atoms with Crippen molar-refractivity contribution < 1.29 is 13.2 Å². The first-order valence-electron chi connectivity index (χ1n) is 5.44. The van der Waals surface area contributed by atoms with E-state index in [1.54, 1.807) is 6.20 Å². The van der Waals surface area contributed by atoms with Crippen LogP contribution in [0.5, 0.6) is 0 Å². The van der Waals surface area contributed by atoms with Gasteiger partial charge in [0.1, 0.15) is 0 Å². The van der Waals surface area contributed by atoms with E-state index in [1.165, 1.54) is 12.3 Å². The fourth-order valence-corrected chi connectivity index (χ4v) is 2.02. The Morgan fingerprint density at radius 2 is 2.00 bits per heavy atom. The molecule has 0 aliphatic heterocycles. The monoisotopic (exact) mass is 266 g/mol. The number of anilines is 1. The molecule has 0 aliphatic carbocycles. The van der Waals surface area contributed by atoms with Gasteiger partial charge in [-0.3, -0.25) is 5.10 Å². The van der Waals surface area contributed by atoms with Crippen LogP contribution in [0.4, 0.5) is 18.9 Å². The number of rotatable bonds is 1. The second kappa shape index (κ2) is 3.78. The van der Waals surface area contributed by atoms with Crippen molar-refractivity contribution in [1.29, 1.82) is 0 Å². The molecule has 0 fully saturated rings. The molecule has 0 bridgehead atoms. The summed E-state index contributed by atoms with van der Waals surface area (Å²) in [6.45, 7) is 0. The summed E-state index contributed by atoms with van der Waals surface area (Å²) in [6.07, 6.45) is -1.29. The number of nitrogens with one attached hydrogen (secondary N) is 2. The summed E-state index contributed by atoms with van der Waals surface area (Å²) in [7, 11) is 0. The van der Waals surface area contributed by atoms with Crippen LogP contribution in [0.2, 0.25) is 0 Å². The standard InChI is InChI=1S/C12H9F3N4/c13-12(14,15)6-1-2-7-8(4-17-10(7)3-6)11-9(16)5-18-19-11/h1-5,17H,16H2,(H,18,19). The zero-order valence-electron chi connectivity index (χ0n) is 9.55. The van der Waals surface area contributed by atoms with Crippen molar-refractivity contribution in [3.8, 4) is 11.3 Å². The Hall–Kier alpha value is -2.44. The molecule has 0 unspecified atom stereocenters. The van der Waals surface area contributed by atoms with E-state index in [2.05, 4.69) is 15.2 Å². The van der Waals surface area contributed by atoms with E-state index in [9.17, 15) is 13.2 Å². The molecule has 0 saturated heterocycles. The fraction of sp³-hybridized carbons (Fsp3) is 0.0833. The van der Waals surface area contributed by atoms with Crippen LogP contribution in [0.3, 0.4) is 0 Å². The van der Waals surface area contributed by atoms with Crippen molar-refractivity contribution in [1.82, 2.24) is 15.2 Å². The summed E-state index contributed by atoms with van der Waals surface area (Å²) in [5.41, 5.74) is 7.17. The molecule has 0 aliphatic rings. The summed E-state index contributed by atoms with van der Waals surface area (Å²) in [5, 5.41) is 7.18. The predicted molar refractivity (Wildman–Crippen MR) is 65.3 cm³/mol. The Morgan fingerprint density at radius 1 is 1.21 bits per heavy atom. The largest absolute Gasteiger partial charge is 0.416 e. The van der Waals surface area contributed by atoms with Crippen molar-refractivity contribution in [2.75, 3.05) is 5.73 Å². The van der Waals surface area contributed by atoms with Gasteiger partial charge in [-0.05, 0) is 12.1 Å². The highest BCUT2D eigenvalue weighted by atomic mass is 19.4. The number of aromatic amines is 2. The lowest BCUT2D eigenvalue weighted by Crippen LogP contribution is -2.04. The van der Waals surface area contributed by atoms with Crippen LogP contribution in [-0.4, -0.2) is 15.2 Å². The highest BCUT2D eigenvalue weighted by Gasteiger charge is 2.30. The summed E-state index contributed by atoms with van der Waals surface area (Å²) in [5.74, 6) is 0. The minimum Gasteiger partial charge on any atom is -0.396 e. The molecule has 4 nitrogen and oxygen atoms in total. The van der Waals surface area contributed by atoms with Crippen molar-refractivity contribution in [2.24, 2.45) is 0 Å². The average Bonchev–Trinajstić information content (AvgIpc) is 2.92. The first-order chi connectivity index (χ1) is 8.97. The van der Waals surface area contributed by atoms with Crippen LogP contribution in [0.1, 0.15) is 5.56 Å². The van der Waals surface area contributed by atoms with E-state index in [0.29, 0.717) is 27.8 Å². The van der Waals surface area contributed by atoms with Crippen LogP contribution in [-0.2, 0) is 6.18 Å². The van der Waals surface area contributed by atoms with E-state index in [1.807, 2.05) is 0 Å². The third kappa shape index (κ3) is 1.83. The van der Waals surface area contributed by atoms with E-state index < -0.39 is 11.7 Å². The van der Waals surface area contributed by atoms with E-state index in [-0.39, 0.29) is 0 Å². The molecule has 4 N–H and O–H groups in total. The highest BCUT2D eigenvalue weighted by molar-refractivity contribution is 5.97. The third-order valence-electron chi connectivity index (χ3n) is 2.95. The third-order valence-corrected chi connectivity index (χ3v) is 2.95. The number of H-pyrrole nitrogens is 2. The van der Waals surface area contributed by atoms with E-state index in [0.717, 1.165) is 12.1 Å². The van der Waals surface area contributed by atoms with Gasteiger partial charge in [-0.25, -0.2) is 0 Å². The zero-order valence-corrected chi connectivity index (χ0v) is 9.55. The van der Waals surface area contributed by atoms with Gasteiger partial charge >= 0.3 is 6.18 Å². The lowest BCUT2D eigenvalue weighted by molar-refractivity contribution is -0.137. The molecule has 0 saturated carbocycles. The Balaban J connectivity index is 2.18. The molecule has 2 heterocycles. The van der Waals surface area contributed by atoms with Crippen LogP contribution in [0.15, 0.2) is 30.6 Å². The quantitative estimate of drug-likeness (QED) is 0.633. The number of alkyl halides is 3. The van der Waals surface area contributed by atoms with Crippen molar-refractivity contribution in [3.63, 3.8) is 0 Å². The molecule has 3 rings (SSSR count). The molecule has 3 aromatic rings. The number of halogens is 3. The molecule has 0 spiro atoms. The number of nitrogens with zero attached hydrogens (tertiary/aromatic N) is 1. The first-order valence-corrected chi connectivity index (χ1v) is 5.44. The van der Waals surface area contributed by atoms with Gasteiger partial charge in [-0.2, -0.15) is 18.3 Å². The maximum absolute atomic E-state index is 12.6. The molecule has 7 heteroatoms. The minimum absolute atomic E-state index is 0.402. The SMILES string of the molecule is Nc1cn[nH]c1-c1c[nH]c2cc(C(F)(F)F)ccc12. The smallest absolute Gasteiger partial charge is 0.396 e. The number of hydrogen-bond donors (Lipinski definition) is 3. The molecule has 1 aromatic carbocycles. The van der Waals surface area contributed by atoms with Gasteiger partial charge in [0.25, 0.3) is 0 Å². The predicted octanol–water partition coefficient (Wildman–Crippen LogP) is 3.16. The molecule has 19 heavy (non-hydrogen) atoms. The van der Waals surface area contributed by atoms with Crippen molar-refractivity contribution in [2.45, 2.75) is 6.18 Å². The highest BCUT2D eigenvalue weighted by Crippen LogP contribution is 2.35. The molecule has 98 valence electrons. The Kier molecular flexibility index (Phi) is 2.31. The molecular formula is C12H9F3N4. The van der Waals surface area contributed by atoms with Crippen LogP contribution in [0.25, 0.3) is 22.2 Å². The van der Waals surface area contributed by atoms with Gasteiger partial charge in [-0.1, -0.05) is 6.07 Å². The van der Waals surface area contributed by atoms with Gasteiger partial charge in [0.15, 0.2) is 0 Å². The van der Waals surface area contributed by atoms with Gasteiger partial charge < -0.3 is 10.7 Å².